The van der Waals surface area contributed by atoms with Gasteiger partial charge in [0, 0.05) is 114 Å². The van der Waals surface area contributed by atoms with Crippen molar-refractivity contribution in [3.8, 4) is 28.7 Å². The van der Waals surface area contributed by atoms with Crippen molar-refractivity contribution in [3.05, 3.63) is 247 Å². The van der Waals surface area contributed by atoms with Crippen LogP contribution in [0.1, 0.15) is 85.9 Å². The minimum atomic E-state index is -4.67. The quantitative estimate of drug-likeness (QED) is 0.00558. The van der Waals surface area contributed by atoms with E-state index in [9.17, 15) is 51.3 Å². The second-order valence-corrected chi connectivity index (χ2v) is 27.5. The number of carboxylic acids is 1. The molecule has 0 bridgehead atoms. The van der Waals surface area contributed by atoms with Gasteiger partial charge in [-0.3, -0.25) is 33.1 Å². The molecule has 8 aromatic carbocycles. The number of nitrogens with zero attached hydrogens (tertiary/aromatic N) is 1. The van der Waals surface area contributed by atoms with Gasteiger partial charge in [0.2, 0.25) is 0 Å². The minimum Gasteiger partial charge on any atom is -1.00 e. The number of nitrogens with one attached hydrogen (secondary N) is 1. The number of phenols is 4. The molecule has 12 rings (SSSR count). The Morgan fingerprint density at radius 1 is 0.627 bits per heavy atom. The van der Waals surface area contributed by atoms with Gasteiger partial charge in [-0.25, -0.2) is 22.0 Å². The summed E-state index contributed by atoms with van der Waals surface area (Å²) in [5, 5.41) is 84.9. The average molecular weight is 2090 g/mol. The number of benzene rings is 8. The number of hydrogen-bond acceptors (Lipinski definition) is 27. The van der Waals surface area contributed by atoms with Crippen LogP contribution in [0.5, 0.6) is 28.7 Å². The molecule has 45 heteroatoms. The van der Waals surface area contributed by atoms with Crippen molar-refractivity contribution < 1.29 is 286 Å². The average Bonchev–Trinajstić information content (AvgIpc) is 1.76. The molecule has 0 radical (unpaired) electrons. The maximum absolute atomic E-state index is 13.6. The number of alkyl halides is 1. The van der Waals surface area contributed by atoms with E-state index in [2.05, 4.69) is 79.8 Å². The van der Waals surface area contributed by atoms with Crippen LogP contribution in [-0.2, 0) is 97.6 Å². The van der Waals surface area contributed by atoms with Gasteiger partial charge in [0.15, 0.2) is 5.78 Å². The molecule has 2 aromatic heterocycles. The van der Waals surface area contributed by atoms with Crippen molar-refractivity contribution >= 4 is 152 Å². The fourth-order valence-corrected chi connectivity index (χ4v) is 11.5. The van der Waals surface area contributed by atoms with Crippen molar-refractivity contribution in [1.82, 2.24) is 10.2 Å². The molecule has 4 heterocycles. The molecule has 0 amide bonds. The van der Waals surface area contributed by atoms with Crippen molar-refractivity contribution in [2.75, 3.05) is 72.4 Å². The minimum absolute atomic E-state index is 0. The Kier molecular flexibility index (Phi) is 74.9. The first-order chi connectivity index (χ1) is 56.9. The van der Waals surface area contributed by atoms with E-state index in [0.29, 0.717) is 67.3 Å². The number of hydrogen-bond donors (Lipinski definition) is 12. The Morgan fingerprint density at radius 2 is 1.02 bits per heavy atom. The van der Waals surface area contributed by atoms with Crippen LogP contribution in [0, 0.1) is 29.1 Å². The number of halogens is 9. The number of carbonyl (C=O) groups is 5. The number of Topliss-reactive ketones (excluding diaryl/α,β-unsaturated/α-hetero) is 1. The van der Waals surface area contributed by atoms with Gasteiger partial charge in [0.1, 0.15) is 75.6 Å². The summed E-state index contributed by atoms with van der Waals surface area (Å²) < 4.78 is 133. The van der Waals surface area contributed by atoms with Crippen LogP contribution in [-0.4, -0.2) is 183 Å². The van der Waals surface area contributed by atoms with Gasteiger partial charge in [-0.15, -0.1) is 12.4 Å². The molecule has 2 aliphatic rings. The van der Waals surface area contributed by atoms with Crippen molar-refractivity contribution in [3.63, 3.8) is 0 Å². The van der Waals surface area contributed by atoms with Crippen LogP contribution in [0.4, 0.5) is 22.0 Å². The number of aromatic hydroxyl groups is 4. The number of carboxylic acid groups (broad SMARTS) is 1. The first kappa shape index (κ1) is 129. The summed E-state index contributed by atoms with van der Waals surface area (Å²) in [6.45, 7) is 14.5. The molecule has 0 unspecified atom stereocenters. The van der Waals surface area contributed by atoms with E-state index in [1.807, 2.05) is 30.3 Å². The fraction of sp³-hybridized carbons (Fsp3) is 0.284. The maximum Gasteiger partial charge on any atom is 1.00 e. The number of ether oxygens (including phenoxy) is 5. The Morgan fingerprint density at radius 3 is 1.40 bits per heavy atom. The molecular weight excluding hydrogens is 1990 g/mol. The molecule has 0 saturated carbocycles. The molecule has 2 aliphatic heterocycles. The molecule has 2 fully saturated rings. The third-order valence-corrected chi connectivity index (χ3v) is 17.1. The Bertz CT molecular complexity index is 4960. The van der Waals surface area contributed by atoms with Crippen molar-refractivity contribution in [2.24, 2.45) is 5.73 Å². The summed E-state index contributed by atoms with van der Waals surface area (Å²) in [5.74, 6) is -5.23. The molecule has 10 aromatic rings. The smallest absolute Gasteiger partial charge is 1.00 e. The van der Waals surface area contributed by atoms with Crippen molar-refractivity contribution in [1.29, 1.82) is 0 Å². The number of nitrogens with two attached hydrogens (primary N) is 1. The summed E-state index contributed by atoms with van der Waals surface area (Å²) in [7, 11) is -6.07. The standard InChI is InChI=1S/C19H16BrFO4.C12H14FNO2S.C10H11FO3.C9H6Br2O.C8H7FO3.C8H7FO2.C7H10BNO2.C4H9NO.C2H6O.CH2O3.CH4.ClH.2K.Na.H2O4S.H2O.H/c1-2-23-18(22)9-13-3-4-15(21)10-17(13)25-11-12-7-14-5-6-24-19(14)16(20)8-12;13-10-2-1-9(11(15)8-10)7-12(17)14-3-5-16-6-4-14;1-2-14-10(13)5-7-3-4-8(11)6-9(7)12;10-5-6-3-7-1-2-12-9(7)8(11)4-6;9-6-2-1-5(3-8(11)12)7(10)4-6;1-5(10)7-3-2-6(9)4-8(7)11;9-5-6-2-1-3-7(4-6)8(10)11;1-3-6-4-2-5-1;1-2-3;2-1-4-3;;;;;;1-5(2,3)4;;/h3-8,10H,2,9,11H2,1H3;1-2,8,15H,3-7H2;3-4,6,12H,2,5H2,1H3;1-4H,5H2;1-2,4,10H,3H2,(H,11,12);2-4,11H,1H3;1-4,10-11H,5,9H2;5H,1-4H2;3H,2H2,1H3;1,3H;1H4;1H;;;;(H2,1,2,3,4);1H2;/q;;;;;;;;;;;;3*+1;;;-1/p-2. The van der Waals surface area contributed by atoms with E-state index in [0.717, 1.165) is 128 Å². The molecule has 126 heavy (non-hydrogen) atoms. The molecule has 0 atom stereocenters. The molecule has 2 saturated heterocycles. The van der Waals surface area contributed by atoms with Gasteiger partial charge < -0.3 is 106 Å². The zero-order valence-electron chi connectivity index (χ0n) is 69.7. The summed E-state index contributed by atoms with van der Waals surface area (Å²) in [4.78, 5) is 57.7. The molecular formula is C81H96BBr3ClF5K2N3NaO27S2. The van der Waals surface area contributed by atoms with E-state index < -0.39 is 58.5 Å². The monoisotopic (exact) mass is 2090 g/mol. The molecule has 30 nitrogen and oxygen atoms in total. The molecule has 0 aliphatic carbocycles. The van der Waals surface area contributed by atoms with Gasteiger partial charge in [-0.2, -0.15) is 8.42 Å². The Hall–Kier alpha value is -5.49. The summed E-state index contributed by atoms with van der Waals surface area (Å²) in [6.07, 6.45) is 3.47. The normalized spacial score (nSPS) is 11.0. The largest absolute Gasteiger partial charge is 1.00 e. The number of thiocarbonyl (C=S) groups is 1. The van der Waals surface area contributed by atoms with Crippen LogP contribution >= 0.6 is 72.4 Å². The predicted molar refractivity (Wildman–Crippen MR) is 463 cm³/mol. The van der Waals surface area contributed by atoms with Crippen molar-refractivity contribution in [2.45, 2.75) is 79.3 Å². The number of furan rings is 2. The predicted octanol–water partition coefficient (Wildman–Crippen LogP) is 3.59. The third kappa shape index (κ3) is 55.6. The topological polar surface area (TPSA) is 498 Å². The summed E-state index contributed by atoms with van der Waals surface area (Å²) in [6, 6.07) is 36.9. The number of phenolic OH excluding ortho intramolecular Hbond substituents is 4. The van der Waals surface area contributed by atoms with Gasteiger partial charge in [0.05, 0.1) is 90.9 Å². The summed E-state index contributed by atoms with van der Waals surface area (Å²) >= 11 is 15.6. The number of aliphatic hydroxyl groups excluding tert-OH is 1. The number of morpholine rings is 2. The molecule has 678 valence electrons. The van der Waals surface area contributed by atoms with Crippen LogP contribution in [0.25, 0.3) is 21.9 Å². The molecule has 14 N–H and O–H groups in total. The number of fused-ring (bicyclic) bond motifs is 2. The second-order valence-electron chi connectivity index (χ2n) is 23.9. The Balaban J connectivity index is -0.000000327. The number of aliphatic hydroxyl groups is 1. The number of ketones is 1. The van der Waals surface area contributed by atoms with E-state index in [1.54, 1.807) is 57.6 Å². The third-order valence-electron chi connectivity index (χ3n) is 14.9. The number of carbonyl (C=O) groups excluding carboxylic acids is 4. The number of rotatable bonds is 18. The van der Waals surface area contributed by atoms with Gasteiger partial charge in [0.25, 0.3) is 6.47 Å². The Labute approximate surface area is 870 Å². The first-order valence-electron chi connectivity index (χ1n) is 35.5. The van der Waals surface area contributed by atoms with Crippen LogP contribution < -0.4 is 159 Å². The molecule has 0 spiro atoms. The summed E-state index contributed by atoms with van der Waals surface area (Å²) in [5.41, 5.74) is 12.5. The van der Waals surface area contributed by atoms with Crippen LogP contribution in [0.15, 0.2) is 182 Å². The zero-order valence-corrected chi connectivity index (χ0v) is 84.1. The number of esters is 2. The van der Waals surface area contributed by atoms with Crippen LogP contribution in [0.2, 0.25) is 0 Å². The van der Waals surface area contributed by atoms with E-state index in [-0.39, 0.29) is 244 Å². The van der Waals surface area contributed by atoms with E-state index in [4.69, 9.17) is 104 Å². The fourth-order valence-electron chi connectivity index (χ4n) is 9.57. The zero-order chi connectivity index (χ0) is 89.9. The van der Waals surface area contributed by atoms with Gasteiger partial charge >= 0.3 is 168 Å². The maximum atomic E-state index is 13.6. The van der Waals surface area contributed by atoms with Crippen LogP contribution in [0.3, 0.4) is 0 Å². The van der Waals surface area contributed by atoms with E-state index >= 15 is 0 Å². The number of aliphatic carboxylic acids is 1. The first-order valence-corrected chi connectivity index (χ1v) is 40.0. The van der Waals surface area contributed by atoms with Gasteiger partial charge in [-0.05, 0) is 155 Å². The van der Waals surface area contributed by atoms with Gasteiger partial charge in [-0.1, -0.05) is 84.1 Å². The second kappa shape index (κ2) is 73.1. The van der Waals surface area contributed by atoms with E-state index in [1.165, 1.54) is 61.0 Å². The SMILES string of the molecule is BrCc1cc(Br)c2occc2c1.C.C1COCCN1.CC(=O)c1ccc(F)cc1O.CCO.CCOC(=O)Cc1ccc(F)cc1O.CCOC(=O)Cc1ccc(F)cc1OCc1cc(Br)c2occc2c1.Cl.NCc1cccc(B(O)O)c1.O=C(O)Cc1ccc(F)cc1O.O=CO[O-].O=S(=O)(O)O.Oc1cc(F)ccc1CC(=S)N1CCOCC1.[H-].[K+].[K+].[Na+].[OH-].